The third-order valence-electron chi connectivity index (χ3n) is 4.68. The molecule has 2 aliphatic rings. The molecule has 0 bridgehead atoms. The number of aromatic nitrogens is 1. The van der Waals surface area contributed by atoms with Gasteiger partial charge in [0, 0.05) is 19.1 Å². The van der Waals surface area contributed by atoms with E-state index in [4.69, 9.17) is 12.2 Å². The Morgan fingerprint density at radius 3 is 2.73 bits per heavy atom. The van der Waals surface area contributed by atoms with Crippen LogP contribution in [0.2, 0.25) is 0 Å². The number of thiocarbonyl (C=S) groups is 1. The van der Waals surface area contributed by atoms with Crippen LogP contribution in [-0.4, -0.2) is 29.2 Å². The van der Waals surface area contributed by atoms with Crippen LogP contribution in [0.15, 0.2) is 18.3 Å². The minimum Gasteiger partial charge on any atom is -0.360 e. The standard InChI is InChI=1S/C17H26N4S/c1-13-5-4-10-21(12-13)16-9-8-15(11-18-16)20-17(22)19-14-6-2-3-7-14/h8-9,11,13-14H,2-7,10,12H2,1H3,(H2,19,20,22). The summed E-state index contributed by atoms with van der Waals surface area (Å²) in [6.45, 7) is 4.54. The Morgan fingerprint density at radius 2 is 2.05 bits per heavy atom. The van der Waals surface area contributed by atoms with Crippen LogP contribution < -0.4 is 15.5 Å². The van der Waals surface area contributed by atoms with E-state index in [1.54, 1.807) is 0 Å². The summed E-state index contributed by atoms with van der Waals surface area (Å²) >= 11 is 5.39. The fourth-order valence-electron chi connectivity index (χ4n) is 3.47. The molecule has 0 amide bonds. The molecule has 1 atom stereocenters. The summed E-state index contributed by atoms with van der Waals surface area (Å²) in [6.07, 6.45) is 9.56. The summed E-state index contributed by atoms with van der Waals surface area (Å²) in [6, 6.07) is 4.71. The largest absolute Gasteiger partial charge is 0.360 e. The third-order valence-corrected chi connectivity index (χ3v) is 4.90. The molecule has 1 saturated heterocycles. The topological polar surface area (TPSA) is 40.2 Å². The minimum absolute atomic E-state index is 0.544. The molecule has 0 aromatic carbocycles. The maximum atomic E-state index is 5.39. The normalized spacial score (nSPS) is 22.6. The Hall–Kier alpha value is -1.36. The number of piperidine rings is 1. The average Bonchev–Trinajstić information content (AvgIpc) is 3.01. The van der Waals surface area contributed by atoms with E-state index in [1.165, 1.54) is 38.5 Å². The van der Waals surface area contributed by atoms with E-state index in [9.17, 15) is 0 Å². The van der Waals surface area contributed by atoms with Crippen molar-refractivity contribution < 1.29 is 0 Å². The SMILES string of the molecule is CC1CCCN(c2ccc(NC(=S)NC3CCCC3)cn2)C1. The Kier molecular flexibility index (Phi) is 5.13. The summed E-state index contributed by atoms with van der Waals surface area (Å²) in [4.78, 5) is 6.98. The van der Waals surface area contributed by atoms with Gasteiger partial charge in [0.05, 0.1) is 11.9 Å². The predicted octanol–water partition coefficient (Wildman–Crippen LogP) is 3.55. The molecule has 1 aliphatic heterocycles. The molecule has 1 aliphatic carbocycles. The number of nitrogens with zero attached hydrogens (tertiary/aromatic N) is 2. The highest BCUT2D eigenvalue weighted by atomic mass is 32.1. The predicted molar refractivity (Wildman–Crippen MR) is 96.5 cm³/mol. The van der Waals surface area contributed by atoms with Gasteiger partial charge < -0.3 is 15.5 Å². The number of anilines is 2. The van der Waals surface area contributed by atoms with E-state index in [1.807, 2.05) is 6.20 Å². The lowest BCUT2D eigenvalue weighted by Crippen LogP contribution is -2.36. The highest BCUT2D eigenvalue weighted by molar-refractivity contribution is 7.80. The van der Waals surface area contributed by atoms with Crippen molar-refractivity contribution in [2.24, 2.45) is 5.92 Å². The fourth-order valence-corrected chi connectivity index (χ4v) is 3.75. The highest BCUT2D eigenvalue weighted by Gasteiger charge is 2.18. The van der Waals surface area contributed by atoms with Crippen LogP contribution in [0.3, 0.4) is 0 Å². The molecule has 1 saturated carbocycles. The van der Waals surface area contributed by atoms with Crippen molar-refractivity contribution >= 4 is 28.8 Å². The molecular weight excluding hydrogens is 292 g/mol. The monoisotopic (exact) mass is 318 g/mol. The van der Waals surface area contributed by atoms with Crippen molar-refractivity contribution in [2.45, 2.75) is 51.5 Å². The molecule has 2 heterocycles. The van der Waals surface area contributed by atoms with Gasteiger partial charge in [-0.1, -0.05) is 19.8 Å². The Morgan fingerprint density at radius 1 is 1.23 bits per heavy atom. The average molecular weight is 318 g/mol. The molecule has 120 valence electrons. The Labute approximate surface area is 138 Å². The lowest BCUT2D eigenvalue weighted by Gasteiger charge is -2.31. The summed E-state index contributed by atoms with van der Waals surface area (Å²) in [5, 5.41) is 7.36. The molecule has 4 nitrogen and oxygen atoms in total. The lowest BCUT2D eigenvalue weighted by atomic mass is 10.0. The van der Waals surface area contributed by atoms with Crippen molar-refractivity contribution in [3.8, 4) is 0 Å². The fraction of sp³-hybridized carbons (Fsp3) is 0.647. The molecule has 5 heteroatoms. The first-order valence-electron chi connectivity index (χ1n) is 8.49. The van der Waals surface area contributed by atoms with Gasteiger partial charge in [-0.25, -0.2) is 4.98 Å². The first-order valence-corrected chi connectivity index (χ1v) is 8.90. The van der Waals surface area contributed by atoms with Crippen molar-refractivity contribution in [3.05, 3.63) is 18.3 Å². The van der Waals surface area contributed by atoms with Crippen molar-refractivity contribution in [3.63, 3.8) is 0 Å². The van der Waals surface area contributed by atoms with Crippen LogP contribution in [0.25, 0.3) is 0 Å². The van der Waals surface area contributed by atoms with Crippen LogP contribution in [0.4, 0.5) is 11.5 Å². The van der Waals surface area contributed by atoms with E-state index >= 15 is 0 Å². The van der Waals surface area contributed by atoms with Crippen LogP contribution in [0.5, 0.6) is 0 Å². The van der Waals surface area contributed by atoms with Gasteiger partial charge in [0.15, 0.2) is 5.11 Å². The van der Waals surface area contributed by atoms with Crippen LogP contribution >= 0.6 is 12.2 Å². The number of hydrogen-bond acceptors (Lipinski definition) is 3. The van der Waals surface area contributed by atoms with Gasteiger partial charge in [-0.3, -0.25) is 0 Å². The zero-order valence-electron chi connectivity index (χ0n) is 13.3. The first kappa shape index (κ1) is 15.5. The quantitative estimate of drug-likeness (QED) is 0.834. The second-order valence-corrected chi connectivity index (χ2v) is 7.09. The summed E-state index contributed by atoms with van der Waals surface area (Å²) < 4.78 is 0. The summed E-state index contributed by atoms with van der Waals surface area (Å²) in [5.41, 5.74) is 0.962. The first-order chi connectivity index (χ1) is 10.7. The second kappa shape index (κ2) is 7.27. The highest BCUT2D eigenvalue weighted by Crippen LogP contribution is 2.22. The zero-order chi connectivity index (χ0) is 15.4. The van der Waals surface area contributed by atoms with E-state index < -0.39 is 0 Å². The van der Waals surface area contributed by atoms with Gasteiger partial charge in [0.25, 0.3) is 0 Å². The Bertz CT molecular complexity index is 496. The van der Waals surface area contributed by atoms with Gasteiger partial charge in [-0.15, -0.1) is 0 Å². The Balaban J connectivity index is 1.53. The smallest absolute Gasteiger partial charge is 0.171 e. The minimum atomic E-state index is 0.544. The van der Waals surface area contributed by atoms with Crippen LogP contribution in [-0.2, 0) is 0 Å². The molecule has 0 spiro atoms. The van der Waals surface area contributed by atoms with Gasteiger partial charge in [-0.05, 0) is 56.0 Å². The van der Waals surface area contributed by atoms with Gasteiger partial charge in [0.2, 0.25) is 0 Å². The van der Waals surface area contributed by atoms with Crippen molar-refractivity contribution in [2.75, 3.05) is 23.3 Å². The molecule has 3 rings (SSSR count). The molecule has 0 radical (unpaired) electrons. The van der Waals surface area contributed by atoms with Crippen LogP contribution in [0, 0.1) is 5.92 Å². The molecule has 2 N–H and O–H groups in total. The number of rotatable bonds is 3. The van der Waals surface area contributed by atoms with E-state index in [-0.39, 0.29) is 0 Å². The third kappa shape index (κ3) is 4.09. The van der Waals surface area contributed by atoms with Gasteiger partial charge >= 0.3 is 0 Å². The van der Waals surface area contributed by atoms with E-state index in [0.717, 1.165) is 30.5 Å². The summed E-state index contributed by atoms with van der Waals surface area (Å²) in [7, 11) is 0. The zero-order valence-corrected chi connectivity index (χ0v) is 14.2. The second-order valence-electron chi connectivity index (χ2n) is 6.68. The van der Waals surface area contributed by atoms with E-state index in [2.05, 4.69) is 39.6 Å². The van der Waals surface area contributed by atoms with Crippen molar-refractivity contribution in [1.82, 2.24) is 10.3 Å². The van der Waals surface area contributed by atoms with Gasteiger partial charge in [-0.2, -0.15) is 0 Å². The molecule has 22 heavy (non-hydrogen) atoms. The molecule has 1 aromatic heterocycles. The maximum absolute atomic E-state index is 5.39. The lowest BCUT2D eigenvalue weighted by molar-refractivity contribution is 0.444. The van der Waals surface area contributed by atoms with Crippen LogP contribution in [0.1, 0.15) is 45.4 Å². The number of pyridine rings is 1. The molecule has 2 fully saturated rings. The van der Waals surface area contributed by atoms with Gasteiger partial charge in [0.1, 0.15) is 5.82 Å². The summed E-state index contributed by atoms with van der Waals surface area (Å²) in [5.74, 6) is 1.84. The van der Waals surface area contributed by atoms with Crippen molar-refractivity contribution in [1.29, 1.82) is 0 Å². The molecule has 1 aromatic rings. The molecular formula is C17H26N4S. The molecule has 1 unspecified atom stereocenters. The number of hydrogen-bond donors (Lipinski definition) is 2. The number of nitrogens with one attached hydrogen (secondary N) is 2. The maximum Gasteiger partial charge on any atom is 0.171 e. The van der Waals surface area contributed by atoms with E-state index in [0.29, 0.717) is 11.2 Å².